The molecule has 0 aliphatic rings. The van der Waals surface area contributed by atoms with Gasteiger partial charge < -0.3 is 9.52 Å². The molecule has 0 radical (unpaired) electrons. The van der Waals surface area contributed by atoms with Crippen molar-refractivity contribution in [1.29, 1.82) is 0 Å². The summed E-state index contributed by atoms with van der Waals surface area (Å²) in [5.41, 5.74) is 1.61. The number of hydrogen-bond acceptors (Lipinski definition) is 7. The van der Waals surface area contributed by atoms with Crippen molar-refractivity contribution in [2.24, 2.45) is 0 Å². The van der Waals surface area contributed by atoms with Crippen molar-refractivity contribution in [3.8, 4) is 29.7 Å². The molecule has 3 heterocycles. The van der Waals surface area contributed by atoms with Gasteiger partial charge in [0, 0.05) is 23.9 Å². The molecule has 0 aliphatic heterocycles. The quantitative estimate of drug-likeness (QED) is 0.361. The van der Waals surface area contributed by atoms with Crippen LogP contribution in [0.4, 0.5) is 0 Å². The van der Waals surface area contributed by atoms with Crippen LogP contribution < -0.4 is 5.56 Å². The topological polar surface area (TPSA) is 107 Å². The van der Waals surface area contributed by atoms with Gasteiger partial charge in [0.15, 0.2) is 5.56 Å². The van der Waals surface area contributed by atoms with E-state index in [2.05, 4.69) is 26.1 Å². The van der Waals surface area contributed by atoms with Crippen LogP contribution >= 0.6 is 11.6 Å². The van der Waals surface area contributed by atoms with Crippen LogP contribution in [-0.2, 0) is 12.8 Å². The fraction of sp³-hybridized carbons (Fsp3) is 0.269. The van der Waals surface area contributed by atoms with Crippen LogP contribution in [-0.4, -0.2) is 29.8 Å². The molecule has 0 fully saturated rings. The number of terminal acetylenes is 1. The molecule has 0 bridgehead atoms. The highest BCUT2D eigenvalue weighted by Gasteiger charge is 2.25. The van der Waals surface area contributed by atoms with Crippen LogP contribution in [0.3, 0.4) is 0 Å². The molecular weight excluding hydrogens is 466 g/mol. The first-order chi connectivity index (χ1) is 16.9. The number of aromatic nitrogens is 5. The summed E-state index contributed by atoms with van der Waals surface area (Å²) < 4.78 is 7.29. The summed E-state index contributed by atoms with van der Waals surface area (Å²) >= 11 is 5.88. The molecule has 0 aliphatic carbocycles. The standard InChI is InChI=1S/C26H24ClN5O3/c1-4-6-10-21-29-24(33)23(25-31-30-22(35-25)14-20-12-11-19(27)15-28-20)26(34)32(21)16(3)18-9-7-8-17(5-2)13-18/h2,7-9,11-13,15-16,33H,4,6,10,14H2,1,3H3/t16-/m0/s1. The highest BCUT2D eigenvalue weighted by Crippen LogP contribution is 2.27. The number of rotatable bonds is 8. The van der Waals surface area contributed by atoms with E-state index in [0.717, 1.165) is 18.4 Å². The van der Waals surface area contributed by atoms with Crippen LogP contribution in [0.15, 0.2) is 51.8 Å². The molecule has 35 heavy (non-hydrogen) atoms. The van der Waals surface area contributed by atoms with E-state index >= 15 is 0 Å². The highest BCUT2D eigenvalue weighted by atomic mass is 35.5. The van der Waals surface area contributed by atoms with Crippen molar-refractivity contribution in [3.63, 3.8) is 0 Å². The number of aromatic hydroxyl groups is 1. The van der Waals surface area contributed by atoms with Crippen molar-refractivity contribution >= 4 is 11.6 Å². The molecule has 0 amide bonds. The average molecular weight is 490 g/mol. The lowest BCUT2D eigenvalue weighted by Crippen LogP contribution is -2.30. The maximum absolute atomic E-state index is 13.7. The predicted octanol–water partition coefficient (Wildman–Crippen LogP) is 4.57. The molecule has 178 valence electrons. The molecule has 0 saturated carbocycles. The first-order valence-corrected chi connectivity index (χ1v) is 11.6. The second-order valence-electron chi connectivity index (χ2n) is 8.10. The van der Waals surface area contributed by atoms with Crippen LogP contribution in [0.25, 0.3) is 11.5 Å². The van der Waals surface area contributed by atoms with Gasteiger partial charge in [0.2, 0.25) is 11.8 Å². The van der Waals surface area contributed by atoms with Gasteiger partial charge in [-0.1, -0.05) is 43.0 Å². The van der Waals surface area contributed by atoms with Crippen molar-refractivity contribution in [2.75, 3.05) is 0 Å². The Morgan fingerprint density at radius 3 is 2.80 bits per heavy atom. The number of benzene rings is 1. The summed E-state index contributed by atoms with van der Waals surface area (Å²) in [7, 11) is 0. The first-order valence-electron chi connectivity index (χ1n) is 11.2. The lowest BCUT2D eigenvalue weighted by atomic mass is 10.0. The summed E-state index contributed by atoms with van der Waals surface area (Å²) in [4.78, 5) is 22.3. The number of aryl methyl sites for hydroxylation is 1. The van der Waals surface area contributed by atoms with Crippen LogP contribution in [0.5, 0.6) is 5.88 Å². The lowest BCUT2D eigenvalue weighted by molar-refractivity contribution is 0.431. The number of unbranched alkanes of at least 4 members (excludes halogenated alkanes) is 1. The summed E-state index contributed by atoms with van der Waals surface area (Å²) in [6.45, 7) is 3.94. The summed E-state index contributed by atoms with van der Waals surface area (Å²) in [5, 5.41) is 19.2. The fourth-order valence-corrected chi connectivity index (χ4v) is 3.90. The molecule has 1 aromatic carbocycles. The van der Waals surface area contributed by atoms with Gasteiger partial charge in [-0.2, -0.15) is 4.98 Å². The second-order valence-corrected chi connectivity index (χ2v) is 8.53. The van der Waals surface area contributed by atoms with E-state index < -0.39 is 17.5 Å². The van der Waals surface area contributed by atoms with Crippen LogP contribution in [0, 0.1) is 12.3 Å². The van der Waals surface area contributed by atoms with Gasteiger partial charge in [0.1, 0.15) is 5.82 Å². The maximum Gasteiger partial charge on any atom is 0.270 e. The van der Waals surface area contributed by atoms with Crippen molar-refractivity contribution in [3.05, 3.63) is 86.5 Å². The minimum absolute atomic E-state index is 0.107. The molecule has 9 heteroatoms. The van der Waals surface area contributed by atoms with Gasteiger partial charge in [0.25, 0.3) is 11.4 Å². The zero-order valence-electron chi connectivity index (χ0n) is 19.4. The average Bonchev–Trinajstić information content (AvgIpc) is 3.31. The van der Waals surface area contributed by atoms with Gasteiger partial charge in [-0.25, -0.2) is 0 Å². The first kappa shape index (κ1) is 24.2. The Morgan fingerprint density at radius 2 is 2.09 bits per heavy atom. The smallest absolute Gasteiger partial charge is 0.270 e. The Balaban J connectivity index is 1.77. The van der Waals surface area contributed by atoms with Crippen LogP contribution in [0.1, 0.15) is 61.3 Å². The molecule has 4 rings (SSSR count). The molecule has 0 unspecified atom stereocenters. The Hall–Kier alpha value is -3.96. The van der Waals surface area contributed by atoms with Gasteiger partial charge in [-0.15, -0.1) is 16.6 Å². The van der Waals surface area contributed by atoms with E-state index in [-0.39, 0.29) is 23.8 Å². The molecule has 4 aromatic rings. The van der Waals surface area contributed by atoms with Gasteiger partial charge in [0.05, 0.1) is 17.5 Å². The maximum atomic E-state index is 13.7. The van der Waals surface area contributed by atoms with E-state index in [0.29, 0.717) is 28.5 Å². The zero-order chi connectivity index (χ0) is 24.9. The van der Waals surface area contributed by atoms with Crippen LogP contribution in [0.2, 0.25) is 5.02 Å². The van der Waals surface area contributed by atoms with Gasteiger partial charge >= 0.3 is 0 Å². The summed E-state index contributed by atoms with van der Waals surface area (Å²) in [6.07, 6.45) is 9.57. The molecule has 1 atom stereocenters. The van der Waals surface area contributed by atoms with E-state index in [4.69, 9.17) is 22.4 Å². The Morgan fingerprint density at radius 1 is 1.26 bits per heavy atom. The van der Waals surface area contributed by atoms with Gasteiger partial charge in [-0.3, -0.25) is 14.3 Å². The molecule has 0 saturated heterocycles. The monoisotopic (exact) mass is 489 g/mol. The number of pyridine rings is 1. The second kappa shape index (κ2) is 10.5. The molecule has 8 nitrogen and oxygen atoms in total. The summed E-state index contributed by atoms with van der Waals surface area (Å²) in [6, 6.07) is 10.5. The Bertz CT molecular complexity index is 1440. The predicted molar refractivity (Wildman–Crippen MR) is 132 cm³/mol. The summed E-state index contributed by atoms with van der Waals surface area (Å²) in [5.74, 6) is 2.79. The fourth-order valence-electron chi connectivity index (χ4n) is 3.79. The van der Waals surface area contributed by atoms with Crippen molar-refractivity contribution < 1.29 is 9.52 Å². The largest absolute Gasteiger partial charge is 0.493 e. The number of nitrogens with zero attached hydrogens (tertiary/aromatic N) is 5. The number of halogens is 1. The minimum Gasteiger partial charge on any atom is -0.493 e. The van der Waals surface area contributed by atoms with Gasteiger partial charge in [-0.05, 0) is 43.2 Å². The Labute approximate surface area is 207 Å². The zero-order valence-corrected chi connectivity index (χ0v) is 20.2. The van der Waals surface area contributed by atoms with E-state index in [1.165, 1.54) is 6.20 Å². The molecular formula is C26H24ClN5O3. The van der Waals surface area contributed by atoms with E-state index in [1.807, 2.05) is 38.1 Å². The molecule has 1 N–H and O–H groups in total. The third-order valence-corrected chi connectivity index (χ3v) is 5.87. The Kier molecular flexibility index (Phi) is 7.28. The lowest BCUT2D eigenvalue weighted by Gasteiger charge is -2.21. The third-order valence-electron chi connectivity index (χ3n) is 5.65. The number of hydrogen-bond donors (Lipinski definition) is 1. The van der Waals surface area contributed by atoms with E-state index in [1.54, 1.807) is 16.7 Å². The van der Waals surface area contributed by atoms with E-state index in [9.17, 15) is 9.90 Å². The SMILES string of the molecule is C#Cc1cccc([C@H](C)n2c(CCCC)nc(O)c(-c3nnc(Cc4ccc(Cl)cn4)o3)c2=O)c1. The van der Waals surface area contributed by atoms with Crippen molar-refractivity contribution in [1.82, 2.24) is 24.7 Å². The molecule has 0 spiro atoms. The highest BCUT2D eigenvalue weighted by molar-refractivity contribution is 6.30. The molecule has 3 aromatic heterocycles. The van der Waals surface area contributed by atoms with Crippen molar-refractivity contribution in [2.45, 2.75) is 45.6 Å². The normalized spacial score (nSPS) is 11.8. The minimum atomic E-state index is -0.470. The third kappa shape index (κ3) is 5.26.